The van der Waals surface area contributed by atoms with Crippen molar-refractivity contribution in [3.63, 3.8) is 0 Å². The predicted molar refractivity (Wildman–Crippen MR) is 97.9 cm³/mol. The number of sulfonamides is 1. The fourth-order valence-corrected chi connectivity index (χ4v) is 4.50. The van der Waals surface area contributed by atoms with Gasteiger partial charge in [-0.1, -0.05) is 24.3 Å². The molecule has 7 heteroatoms. The monoisotopic (exact) mass is 366 g/mol. The highest BCUT2D eigenvalue weighted by Gasteiger charge is 2.26. The maximum Gasteiger partial charge on any atom is 0.240 e. The fourth-order valence-electron chi connectivity index (χ4n) is 3.17. The zero-order chi connectivity index (χ0) is 18.6. The van der Waals surface area contributed by atoms with Crippen molar-refractivity contribution in [1.29, 1.82) is 10.5 Å². The van der Waals surface area contributed by atoms with Crippen molar-refractivity contribution >= 4 is 15.7 Å². The van der Waals surface area contributed by atoms with Gasteiger partial charge in [0.05, 0.1) is 21.7 Å². The van der Waals surface area contributed by atoms with E-state index in [0.717, 1.165) is 0 Å². The van der Waals surface area contributed by atoms with Gasteiger partial charge in [-0.3, -0.25) is 0 Å². The van der Waals surface area contributed by atoms with Gasteiger partial charge in [0.2, 0.25) is 10.0 Å². The molecule has 1 saturated heterocycles. The quantitative estimate of drug-likeness (QED) is 0.896. The fraction of sp³-hybridized carbons (Fsp3) is 0.263. The molecule has 1 fully saturated rings. The van der Waals surface area contributed by atoms with Crippen LogP contribution >= 0.6 is 0 Å². The first-order chi connectivity index (χ1) is 12.5. The molecule has 2 aromatic rings. The number of rotatable bonds is 4. The van der Waals surface area contributed by atoms with Crippen molar-refractivity contribution in [1.82, 2.24) is 4.72 Å². The maximum atomic E-state index is 12.4. The Morgan fingerprint density at radius 3 is 2.04 bits per heavy atom. The molecule has 0 saturated carbocycles. The Hall–Kier alpha value is -2.87. The third-order valence-corrected chi connectivity index (χ3v) is 6.00. The van der Waals surface area contributed by atoms with Crippen molar-refractivity contribution in [2.75, 3.05) is 18.0 Å². The van der Waals surface area contributed by atoms with Crippen LogP contribution < -0.4 is 9.62 Å². The van der Waals surface area contributed by atoms with E-state index in [2.05, 4.69) is 16.9 Å². The summed E-state index contributed by atoms with van der Waals surface area (Å²) in [7, 11) is -3.54. The first kappa shape index (κ1) is 17.9. The predicted octanol–water partition coefficient (Wildman–Crippen LogP) is 2.38. The largest absolute Gasteiger partial charge is 0.369 e. The molecule has 3 rings (SSSR count). The molecule has 0 atom stereocenters. The van der Waals surface area contributed by atoms with E-state index in [1.807, 2.05) is 4.90 Å². The summed E-state index contributed by atoms with van der Waals surface area (Å²) in [5.74, 6) is 0. The van der Waals surface area contributed by atoms with E-state index in [9.17, 15) is 18.9 Å². The van der Waals surface area contributed by atoms with Crippen LogP contribution in [0.1, 0.15) is 24.0 Å². The second kappa shape index (κ2) is 7.57. The number of anilines is 1. The van der Waals surface area contributed by atoms with E-state index in [1.54, 1.807) is 48.5 Å². The molecule has 0 bridgehead atoms. The highest BCUT2D eigenvalue weighted by Crippen LogP contribution is 2.28. The number of hydrogen-bond acceptors (Lipinski definition) is 5. The summed E-state index contributed by atoms with van der Waals surface area (Å²) in [6.07, 6.45) is 1.22. The van der Waals surface area contributed by atoms with Crippen LogP contribution in [0.4, 0.5) is 5.69 Å². The van der Waals surface area contributed by atoms with Gasteiger partial charge in [-0.15, -0.1) is 0 Å². The molecule has 2 aromatic carbocycles. The van der Waals surface area contributed by atoms with Crippen LogP contribution in [0.5, 0.6) is 0 Å². The standard InChI is InChI=1S/C19H18N4O2S/c20-13-15-5-4-6-16(14-21)19(15)23-11-9-17(10-12-23)22-26(24,25)18-7-2-1-3-8-18/h1-8,17,22H,9-12H2. The number of nitrogens with one attached hydrogen (secondary N) is 1. The molecular weight excluding hydrogens is 348 g/mol. The minimum absolute atomic E-state index is 0.170. The SMILES string of the molecule is N#Cc1cccc(C#N)c1N1CCC(NS(=O)(=O)c2ccccc2)CC1. The maximum absolute atomic E-state index is 12.4. The average Bonchev–Trinajstić information content (AvgIpc) is 2.68. The number of hydrogen-bond donors (Lipinski definition) is 1. The minimum atomic E-state index is -3.54. The Labute approximate surface area is 153 Å². The second-order valence-corrected chi connectivity index (χ2v) is 7.83. The Kier molecular flexibility index (Phi) is 5.22. The number of piperidine rings is 1. The van der Waals surface area contributed by atoms with Gasteiger partial charge in [-0.05, 0) is 37.1 Å². The molecule has 0 radical (unpaired) electrons. The Bertz CT molecular complexity index is 935. The smallest absolute Gasteiger partial charge is 0.240 e. The van der Waals surface area contributed by atoms with Crippen LogP contribution in [0.15, 0.2) is 53.4 Å². The van der Waals surface area contributed by atoms with Gasteiger partial charge in [0, 0.05) is 19.1 Å². The first-order valence-electron chi connectivity index (χ1n) is 8.30. The Balaban J connectivity index is 1.71. The van der Waals surface area contributed by atoms with Gasteiger partial charge >= 0.3 is 0 Å². The molecule has 0 amide bonds. The van der Waals surface area contributed by atoms with E-state index in [4.69, 9.17) is 0 Å². The highest BCUT2D eigenvalue weighted by atomic mass is 32.2. The van der Waals surface area contributed by atoms with Gasteiger partial charge in [0.15, 0.2) is 0 Å². The summed E-state index contributed by atoms with van der Waals surface area (Å²) in [4.78, 5) is 2.24. The molecule has 26 heavy (non-hydrogen) atoms. The van der Waals surface area contributed by atoms with Gasteiger partial charge in [0.25, 0.3) is 0 Å². The van der Waals surface area contributed by atoms with Crippen LogP contribution in [0.3, 0.4) is 0 Å². The lowest BCUT2D eigenvalue weighted by molar-refractivity contribution is 0.460. The van der Waals surface area contributed by atoms with Crippen LogP contribution in [-0.4, -0.2) is 27.5 Å². The van der Waals surface area contributed by atoms with Crippen molar-refractivity contribution in [3.8, 4) is 12.1 Å². The van der Waals surface area contributed by atoms with E-state index in [0.29, 0.717) is 42.7 Å². The number of nitriles is 2. The summed E-state index contributed by atoms with van der Waals surface area (Å²) < 4.78 is 27.6. The summed E-state index contributed by atoms with van der Waals surface area (Å²) in [6, 6.07) is 17.5. The lowest BCUT2D eigenvalue weighted by Crippen LogP contribution is -2.45. The van der Waals surface area contributed by atoms with Gasteiger partial charge in [-0.2, -0.15) is 10.5 Å². The summed E-state index contributed by atoms with van der Waals surface area (Å²) in [5, 5.41) is 18.6. The van der Waals surface area contributed by atoms with E-state index >= 15 is 0 Å². The van der Waals surface area contributed by atoms with E-state index in [-0.39, 0.29) is 10.9 Å². The van der Waals surface area contributed by atoms with Gasteiger partial charge in [0.1, 0.15) is 12.1 Å². The van der Waals surface area contributed by atoms with Crippen molar-refractivity contribution in [2.24, 2.45) is 0 Å². The molecule has 0 spiro atoms. The molecule has 1 aliphatic heterocycles. The highest BCUT2D eigenvalue weighted by molar-refractivity contribution is 7.89. The zero-order valence-corrected chi connectivity index (χ0v) is 14.9. The molecule has 0 unspecified atom stereocenters. The van der Waals surface area contributed by atoms with Crippen molar-refractivity contribution in [2.45, 2.75) is 23.8 Å². The topological polar surface area (TPSA) is 97.0 Å². The molecule has 6 nitrogen and oxygen atoms in total. The lowest BCUT2D eigenvalue weighted by atomic mass is 10.0. The molecule has 1 N–H and O–H groups in total. The van der Waals surface area contributed by atoms with Crippen LogP contribution in [0.2, 0.25) is 0 Å². The molecular formula is C19H18N4O2S. The van der Waals surface area contributed by atoms with E-state index in [1.165, 1.54) is 0 Å². The van der Waals surface area contributed by atoms with Crippen molar-refractivity contribution < 1.29 is 8.42 Å². The minimum Gasteiger partial charge on any atom is -0.369 e. The van der Waals surface area contributed by atoms with Crippen LogP contribution in [0, 0.1) is 22.7 Å². The van der Waals surface area contributed by atoms with E-state index < -0.39 is 10.0 Å². The summed E-state index contributed by atoms with van der Waals surface area (Å²) in [6.45, 7) is 1.16. The number of para-hydroxylation sites is 1. The Morgan fingerprint density at radius 1 is 0.923 bits per heavy atom. The average molecular weight is 366 g/mol. The van der Waals surface area contributed by atoms with Gasteiger partial charge in [-0.25, -0.2) is 13.1 Å². The molecule has 1 heterocycles. The molecule has 0 aliphatic carbocycles. The van der Waals surface area contributed by atoms with Crippen molar-refractivity contribution in [3.05, 3.63) is 59.7 Å². The third-order valence-electron chi connectivity index (χ3n) is 4.46. The van der Waals surface area contributed by atoms with Gasteiger partial charge < -0.3 is 4.90 Å². The lowest BCUT2D eigenvalue weighted by Gasteiger charge is -2.34. The number of benzene rings is 2. The summed E-state index contributed by atoms with van der Waals surface area (Å²) in [5.41, 5.74) is 1.57. The molecule has 132 valence electrons. The first-order valence-corrected chi connectivity index (χ1v) is 9.79. The number of nitrogens with zero attached hydrogens (tertiary/aromatic N) is 3. The third kappa shape index (κ3) is 3.70. The van der Waals surface area contributed by atoms with Crippen LogP contribution in [-0.2, 0) is 10.0 Å². The molecule has 0 aromatic heterocycles. The van der Waals surface area contributed by atoms with Crippen LogP contribution in [0.25, 0.3) is 0 Å². The Morgan fingerprint density at radius 2 is 1.50 bits per heavy atom. The normalized spacial score (nSPS) is 15.2. The zero-order valence-electron chi connectivity index (χ0n) is 14.1. The second-order valence-electron chi connectivity index (χ2n) is 6.12. The summed E-state index contributed by atoms with van der Waals surface area (Å²) >= 11 is 0. The molecule has 1 aliphatic rings.